The summed E-state index contributed by atoms with van der Waals surface area (Å²) in [6.07, 6.45) is 2.39. The molecule has 0 aliphatic heterocycles. The first-order chi connectivity index (χ1) is 8.09. The van der Waals surface area contributed by atoms with Gasteiger partial charge in [-0.05, 0) is 23.9 Å². The van der Waals surface area contributed by atoms with Crippen LogP contribution in [0.5, 0.6) is 0 Å². The Morgan fingerprint density at radius 3 is 3.00 bits per heavy atom. The van der Waals surface area contributed by atoms with Crippen LogP contribution in [-0.2, 0) is 4.74 Å². The number of ether oxygens (including phenoxy) is 1. The van der Waals surface area contributed by atoms with E-state index in [9.17, 15) is 0 Å². The van der Waals surface area contributed by atoms with Gasteiger partial charge >= 0.3 is 0 Å². The number of nitrogens with two attached hydrogens (primary N) is 1. The molecule has 0 fully saturated rings. The van der Waals surface area contributed by atoms with Crippen LogP contribution < -0.4 is 11.1 Å². The van der Waals surface area contributed by atoms with Gasteiger partial charge in [0.05, 0.1) is 11.9 Å². The van der Waals surface area contributed by atoms with Crippen LogP contribution in [0.1, 0.15) is 20.3 Å². The molecule has 0 spiro atoms. The molecule has 1 rings (SSSR count). The number of nitrogen functional groups attached to an aromatic ring is 1. The van der Waals surface area contributed by atoms with Gasteiger partial charge in [0, 0.05) is 19.8 Å². The minimum absolute atomic E-state index is 0.192. The molecule has 0 saturated carbocycles. The molecule has 1 aromatic rings. The lowest BCUT2D eigenvalue weighted by Gasteiger charge is -2.09. The lowest BCUT2D eigenvalue weighted by Crippen LogP contribution is -2.10. The van der Waals surface area contributed by atoms with Crippen molar-refractivity contribution >= 4 is 23.1 Å². The minimum Gasteiger partial charge on any atom is -0.394 e. The number of nitrogens with one attached hydrogen (secondary N) is 1. The van der Waals surface area contributed by atoms with Gasteiger partial charge in [-0.2, -0.15) is 4.98 Å². The quantitative estimate of drug-likeness (QED) is 0.579. The summed E-state index contributed by atoms with van der Waals surface area (Å²) in [6, 6.07) is 0. The third kappa shape index (κ3) is 5.70. The van der Waals surface area contributed by atoms with E-state index in [2.05, 4.69) is 29.1 Å². The summed E-state index contributed by atoms with van der Waals surface area (Å²) in [6.45, 7) is 6.52. The Labute approximate surface area is 107 Å². The van der Waals surface area contributed by atoms with Gasteiger partial charge in [-0.1, -0.05) is 13.8 Å². The zero-order valence-corrected chi connectivity index (χ0v) is 11.0. The fourth-order valence-electron chi connectivity index (χ4n) is 1.21. The number of nitrogens with zero attached hydrogens (tertiary/aromatic N) is 2. The number of anilines is 2. The molecule has 1 heterocycles. The molecule has 0 bridgehead atoms. The molecule has 3 N–H and O–H groups in total. The van der Waals surface area contributed by atoms with Crippen molar-refractivity contribution in [1.29, 1.82) is 0 Å². The second-order valence-electron chi connectivity index (χ2n) is 4.19. The SMILES string of the molecule is CC(C)COCCCNc1nc(Cl)ncc1N. The Bertz CT molecular complexity index is 346. The topological polar surface area (TPSA) is 73.1 Å². The molecule has 96 valence electrons. The van der Waals surface area contributed by atoms with E-state index >= 15 is 0 Å². The number of halogens is 1. The maximum absolute atomic E-state index is 5.69. The fourth-order valence-corrected chi connectivity index (χ4v) is 1.34. The van der Waals surface area contributed by atoms with Crippen LogP contribution in [0, 0.1) is 5.92 Å². The first-order valence-electron chi connectivity index (χ1n) is 5.69. The Morgan fingerprint density at radius 1 is 1.53 bits per heavy atom. The summed E-state index contributed by atoms with van der Waals surface area (Å²) < 4.78 is 5.46. The van der Waals surface area contributed by atoms with Crippen LogP contribution in [0.3, 0.4) is 0 Å². The van der Waals surface area contributed by atoms with E-state index in [0.29, 0.717) is 17.4 Å². The van der Waals surface area contributed by atoms with Gasteiger partial charge in [0.15, 0.2) is 5.82 Å². The van der Waals surface area contributed by atoms with Crippen molar-refractivity contribution in [2.75, 3.05) is 30.8 Å². The molecule has 0 radical (unpaired) electrons. The monoisotopic (exact) mass is 258 g/mol. The van der Waals surface area contributed by atoms with E-state index in [1.807, 2.05) is 0 Å². The van der Waals surface area contributed by atoms with Crippen LogP contribution in [0.4, 0.5) is 11.5 Å². The van der Waals surface area contributed by atoms with Gasteiger partial charge in [-0.15, -0.1) is 0 Å². The number of aromatic nitrogens is 2. The lowest BCUT2D eigenvalue weighted by atomic mass is 10.2. The van der Waals surface area contributed by atoms with Crippen molar-refractivity contribution in [3.63, 3.8) is 0 Å². The molecule has 0 saturated heterocycles. The van der Waals surface area contributed by atoms with Gasteiger partial charge in [0.2, 0.25) is 5.28 Å². The van der Waals surface area contributed by atoms with Crippen molar-refractivity contribution in [3.8, 4) is 0 Å². The molecular weight excluding hydrogens is 240 g/mol. The predicted molar refractivity (Wildman–Crippen MR) is 70.2 cm³/mol. The first-order valence-corrected chi connectivity index (χ1v) is 6.07. The molecular formula is C11H19ClN4O. The third-order valence-corrected chi connectivity index (χ3v) is 2.18. The van der Waals surface area contributed by atoms with Crippen molar-refractivity contribution in [2.24, 2.45) is 5.92 Å². The predicted octanol–water partition coefficient (Wildman–Crippen LogP) is 2.19. The Kier molecular flexibility index (Phi) is 6.00. The van der Waals surface area contributed by atoms with Crippen molar-refractivity contribution < 1.29 is 4.74 Å². The molecule has 0 atom stereocenters. The van der Waals surface area contributed by atoms with Crippen LogP contribution in [-0.4, -0.2) is 29.7 Å². The second kappa shape index (κ2) is 7.29. The maximum Gasteiger partial charge on any atom is 0.224 e. The van der Waals surface area contributed by atoms with Gasteiger partial charge in [0.25, 0.3) is 0 Å². The average Bonchev–Trinajstić information content (AvgIpc) is 2.27. The highest BCUT2D eigenvalue weighted by Crippen LogP contribution is 2.15. The smallest absolute Gasteiger partial charge is 0.224 e. The summed E-state index contributed by atoms with van der Waals surface area (Å²) in [5, 5.41) is 3.29. The van der Waals surface area contributed by atoms with E-state index < -0.39 is 0 Å². The summed E-state index contributed by atoms with van der Waals surface area (Å²) in [5.41, 5.74) is 6.19. The normalized spacial score (nSPS) is 10.8. The molecule has 0 aliphatic rings. The van der Waals surface area contributed by atoms with Crippen LogP contribution >= 0.6 is 11.6 Å². The van der Waals surface area contributed by atoms with E-state index in [1.165, 1.54) is 6.20 Å². The highest BCUT2D eigenvalue weighted by molar-refractivity contribution is 6.28. The zero-order chi connectivity index (χ0) is 12.7. The van der Waals surface area contributed by atoms with E-state index in [4.69, 9.17) is 22.1 Å². The van der Waals surface area contributed by atoms with Crippen LogP contribution in [0.25, 0.3) is 0 Å². The molecule has 5 nitrogen and oxygen atoms in total. The van der Waals surface area contributed by atoms with Gasteiger partial charge in [0.1, 0.15) is 0 Å². The molecule has 0 aliphatic carbocycles. The molecule has 0 amide bonds. The summed E-state index contributed by atoms with van der Waals surface area (Å²) in [5.74, 6) is 1.15. The number of hydrogen-bond acceptors (Lipinski definition) is 5. The molecule has 1 aromatic heterocycles. The van der Waals surface area contributed by atoms with Gasteiger partial charge in [-0.3, -0.25) is 0 Å². The average molecular weight is 259 g/mol. The van der Waals surface area contributed by atoms with E-state index in [-0.39, 0.29) is 5.28 Å². The Balaban J connectivity index is 2.20. The lowest BCUT2D eigenvalue weighted by molar-refractivity contribution is 0.110. The molecule has 0 aromatic carbocycles. The standard InChI is InChI=1S/C11H19ClN4O/c1-8(2)7-17-5-3-4-14-10-9(13)6-15-11(12)16-10/h6,8H,3-5,7,13H2,1-2H3,(H,14,15,16). The minimum atomic E-state index is 0.192. The van der Waals surface area contributed by atoms with E-state index in [0.717, 1.165) is 26.2 Å². The first kappa shape index (κ1) is 14.0. The number of hydrogen-bond donors (Lipinski definition) is 2. The zero-order valence-electron chi connectivity index (χ0n) is 10.2. The van der Waals surface area contributed by atoms with Crippen molar-refractivity contribution in [2.45, 2.75) is 20.3 Å². The molecule has 6 heteroatoms. The summed E-state index contributed by atoms with van der Waals surface area (Å²) >= 11 is 5.67. The van der Waals surface area contributed by atoms with Crippen LogP contribution in [0.15, 0.2) is 6.20 Å². The summed E-state index contributed by atoms with van der Waals surface area (Å²) in [7, 11) is 0. The molecule has 17 heavy (non-hydrogen) atoms. The fraction of sp³-hybridized carbons (Fsp3) is 0.636. The maximum atomic E-state index is 5.69. The third-order valence-electron chi connectivity index (χ3n) is 2.00. The number of rotatable bonds is 7. The van der Waals surface area contributed by atoms with Gasteiger partial charge < -0.3 is 15.8 Å². The van der Waals surface area contributed by atoms with Crippen molar-refractivity contribution in [1.82, 2.24) is 9.97 Å². The Hall–Kier alpha value is -1.07. The second-order valence-corrected chi connectivity index (χ2v) is 4.53. The molecule has 0 unspecified atom stereocenters. The van der Waals surface area contributed by atoms with Gasteiger partial charge in [-0.25, -0.2) is 4.98 Å². The summed E-state index contributed by atoms with van der Waals surface area (Å²) in [4.78, 5) is 7.78. The van der Waals surface area contributed by atoms with Crippen LogP contribution in [0.2, 0.25) is 5.28 Å². The highest BCUT2D eigenvalue weighted by Gasteiger charge is 2.02. The Morgan fingerprint density at radius 2 is 2.29 bits per heavy atom. The van der Waals surface area contributed by atoms with Crippen molar-refractivity contribution in [3.05, 3.63) is 11.5 Å². The highest BCUT2D eigenvalue weighted by atomic mass is 35.5. The largest absolute Gasteiger partial charge is 0.394 e. The van der Waals surface area contributed by atoms with E-state index in [1.54, 1.807) is 0 Å².